The van der Waals surface area contributed by atoms with Crippen molar-refractivity contribution >= 4 is 11.9 Å². The molecule has 0 heterocycles. The van der Waals surface area contributed by atoms with Crippen LogP contribution in [0.5, 0.6) is 5.75 Å². The molecule has 1 rings (SSSR count). The van der Waals surface area contributed by atoms with Gasteiger partial charge in [0.2, 0.25) is 5.91 Å². The molecule has 0 saturated carbocycles. The zero-order valence-corrected chi connectivity index (χ0v) is 13.4. The Hall–Kier alpha value is -2.45. The van der Waals surface area contributed by atoms with Crippen LogP contribution >= 0.6 is 0 Å². The number of halogens is 3. The molecular weight excluding hydrogens is 327 g/mol. The maximum absolute atomic E-state index is 11.9. The standard InChI is InChI=1S/C15H20F3N3O3/c1-10-5-3-4-6-12(10)24-8-11(2)21-14(23)19-7-13(22)20-9-15(16,17)18/h3-6,11H,7-9H2,1-2H3,(H,20,22)(H2,19,21,23). The van der Waals surface area contributed by atoms with Crippen LogP contribution < -0.4 is 20.7 Å². The van der Waals surface area contributed by atoms with E-state index < -0.39 is 31.2 Å². The molecule has 24 heavy (non-hydrogen) atoms. The van der Waals surface area contributed by atoms with E-state index in [1.165, 1.54) is 0 Å². The van der Waals surface area contributed by atoms with Gasteiger partial charge in [0.05, 0.1) is 12.6 Å². The van der Waals surface area contributed by atoms with Crippen LogP contribution in [0.3, 0.4) is 0 Å². The molecule has 0 radical (unpaired) electrons. The fourth-order valence-corrected chi connectivity index (χ4v) is 1.67. The maximum Gasteiger partial charge on any atom is 0.405 e. The summed E-state index contributed by atoms with van der Waals surface area (Å²) < 4.78 is 41.3. The van der Waals surface area contributed by atoms with Crippen LogP contribution in [0.4, 0.5) is 18.0 Å². The van der Waals surface area contributed by atoms with E-state index in [1.807, 2.05) is 25.1 Å². The number of nitrogens with one attached hydrogen (secondary N) is 3. The topological polar surface area (TPSA) is 79.5 Å². The highest BCUT2D eigenvalue weighted by atomic mass is 19.4. The Labute approximate surface area is 137 Å². The highest BCUT2D eigenvalue weighted by Crippen LogP contribution is 2.16. The molecular formula is C15H20F3N3O3. The number of carbonyl (C=O) groups excluding carboxylic acids is 2. The zero-order chi connectivity index (χ0) is 18.2. The molecule has 0 saturated heterocycles. The highest BCUT2D eigenvalue weighted by molar-refractivity contribution is 5.83. The molecule has 6 nitrogen and oxygen atoms in total. The van der Waals surface area contributed by atoms with E-state index in [4.69, 9.17) is 4.74 Å². The number of para-hydroxylation sites is 1. The molecule has 0 fully saturated rings. The Morgan fingerprint density at radius 2 is 1.88 bits per heavy atom. The summed E-state index contributed by atoms with van der Waals surface area (Å²) in [5.74, 6) is -0.232. The van der Waals surface area contributed by atoms with Gasteiger partial charge in [-0.15, -0.1) is 0 Å². The van der Waals surface area contributed by atoms with Crippen molar-refractivity contribution < 1.29 is 27.5 Å². The summed E-state index contributed by atoms with van der Waals surface area (Å²) in [4.78, 5) is 22.7. The summed E-state index contributed by atoms with van der Waals surface area (Å²) >= 11 is 0. The zero-order valence-electron chi connectivity index (χ0n) is 13.4. The number of ether oxygens (including phenoxy) is 1. The van der Waals surface area contributed by atoms with Crippen molar-refractivity contribution in [1.29, 1.82) is 0 Å². The quantitative estimate of drug-likeness (QED) is 0.703. The minimum atomic E-state index is -4.49. The SMILES string of the molecule is Cc1ccccc1OCC(C)NC(=O)NCC(=O)NCC(F)(F)F. The van der Waals surface area contributed by atoms with Crippen LogP contribution in [0.15, 0.2) is 24.3 Å². The molecule has 134 valence electrons. The van der Waals surface area contributed by atoms with E-state index in [0.29, 0.717) is 5.75 Å². The number of alkyl halides is 3. The van der Waals surface area contributed by atoms with Gasteiger partial charge in [-0.3, -0.25) is 4.79 Å². The second-order valence-corrected chi connectivity index (χ2v) is 5.20. The van der Waals surface area contributed by atoms with Crippen molar-refractivity contribution in [3.63, 3.8) is 0 Å². The van der Waals surface area contributed by atoms with Gasteiger partial charge in [0.15, 0.2) is 0 Å². The van der Waals surface area contributed by atoms with Crippen molar-refractivity contribution in [2.24, 2.45) is 0 Å². The Kier molecular flexibility index (Phi) is 7.34. The molecule has 0 aliphatic carbocycles. The molecule has 0 bridgehead atoms. The van der Waals surface area contributed by atoms with Crippen molar-refractivity contribution in [2.75, 3.05) is 19.7 Å². The number of hydrogen-bond donors (Lipinski definition) is 3. The van der Waals surface area contributed by atoms with Crippen molar-refractivity contribution in [1.82, 2.24) is 16.0 Å². The second-order valence-electron chi connectivity index (χ2n) is 5.20. The number of urea groups is 1. The number of hydrogen-bond acceptors (Lipinski definition) is 3. The Morgan fingerprint density at radius 3 is 2.50 bits per heavy atom. The third-order valence-corrected chi connectivity index (χ3v) is 2.86. The molecule has 3 amide bonds. The fourth-order valence-electron chi connectivity index (χ4n) is 1.67. The average molecular weight is 347 g/mol. The lowest BCUT2D eigenvalue weighted by Crippen LogP contribution is -2.47. The number of benzene rings is 1. The third kappa shape index (κ3) is 8.25. The fraction of sp³-hybridized carbons (Fsp3) is 0.467. The molecule has 0 aliphatic heterocycles. The first kappa shape index (κ1) is 19.6. The molecule has 0 aliphatic rings. The van der Waals surface area contributed by atoms with Crippen LogP contribution in [0.25, 0.3) is 0 Å². The van der Waals surface area contributed by atoms with Gasteiger partial charge in [-0.1, -0.05) is 18.2 Å². The molecule has 1 atom stereocenters. The van der Waals surface area contributed by atoms with E-state index >= 15 is 0 Å². The van der Waals surface area contributed by atoms with E-state index in [9.17, 15) is 22.8 Å². The van der Waals surface area contributed by atoms with Gasteiger partial charge in [0.25, 0.3) is 0 Å². The first-order chi connectivity index (χ1) is 11.2. The first-order valence-corrected chi connectivity index (χ1v) is 7.23. The van der Waals surface area contributed by atoms with Gasteiger partial charge in [-0.05, 0) is 25.5 Å². The summed E-state index contributed by atoms with van der Waals surface area (Å²) in [6.45, 7) is 1.81. The third-order valence-electron chi connectivity index (χ3n) is 2.86. The molecule has 0 spiro atoms. The summed E-state index contributed by atoms with van der Waals surface area (Å²) in [5, 5.41) is 6.35. The van der Waals surface area contributed by atoms with E-state index in [1.54, 1.807) is 18.3 Å². The van der Waals surface area contributed by atoms with E-state index in [0.717, 1.165) is 5.56 Å². The molecule has 1 unspecified atom stereocenters. The van der Waals surface area contributed by atoms with Gasteiger partial charge >= 0.3 is 12.2 Å². The summed E-state index contributed by atoms with van der Waals surface area (Å²) in [7, 11) is 0. The molecule has 3 N–H and O–H groups in total. The van der Waals surface area contributed by atoms with Crippen LogP contribution in [0.1, 0.15) is 12.5 Å². The number of carbonyl (C=O) groups is 2. The van der Waals surface area contributed by atoms with Gasteiger partial charge in [-0.25, -0.2) is 4.79 Å². The van der Waals surface area contributed by atoms with Crippen molar-refractivity contribution in [3.8, 4) is 5.75 Å². The van der Waals surface area contributed by atoms with Gasteiger partial charge < -0.3 is 20.7 Å². The summed E-state index contributed by atoms with van der Waals surface area (Å²) in [6, 6.07) is 6.36. The normalized spacial score (nSPS) is 12.2. The molecule has 9 heteroatoms. The minimum absolute atomic E-state index is 0.207. The van der Waals surface area contributed by atoms with Crippen LogP contribution in [0.2, 0.25) is 0 Å². The van der Waals surface area contributed by atoms with E-state index in [2.05, 4.69) is 10.6 Å². The lowest BCUT2D eigenvalue weighted by molar-refractivity contribution is -0.137. The summed E-state index contributed by atoms with van der Waals surface area (Å²) in [5.41, 5.74) is 0.954. The van der Waals surface area contributed by atoms with Crippen molar-refractivity contribution in [3.05, 3.63) is 29.8 Å². The predicted octanol–water partition coefficient (Wildman–Crippen LogP) is 1.74. The van der Waals surface area contributed by atoms with Crippen LogP contribution in [-0.2, 0) is 4.79 Å². The second kappa shape index (κ2) is 8.99. The molecule has 1 aromatic carbocycles. The average Bonchev–Trinajstić information content (AvgIpc) is 2.49. The smallest absolute Gasteiger partial charge is 0.405 e. The van der Waals surface area contributed by atoms with Gasteiger partial charge in [-0.2, -0.15) is 13.2 Å². The monoisotopic (exact) mass is 347 g/mol. The van der Waals surface area contributed by atoms with E-state index in [-0.39, 0.29) is 12.6 Å². The molecule has 0 aromatic heterocycles. The van der Waals surface area contributed by atoms with Crippen LogP contribution in [-0.4, -0.2) is 43.9 Å². The number of rotatable bonds is 7. The Balaban J connectivity index is 2.24. The first-order valence-electron chi connectivity index (χ1n) is 7.23. The van der Waals surface area contributed by atoms with Crippen molar-refractivity contribution in [2.45, 2.75) is 26.1 Å². The lowest BCUT2D eigenvalue weighted by atomic mass is 10.2. The van der Waals surface area contributed by atoms with Gasteiger partial charge in [0.1, 0.15) is 18.9 Å². The number of amides is 3. The Morgan fingerprint density at radius 1 is 1.21 bits per heavy atom. The predicted molar refractivity (Wildman–Crippen MR) is 81.7 cm³/mol. The highest BCUT2D eigenvalue weighted by Gasteiger charge is 2.27. The van der Waals surface area contributed by atoms with Gasteiger partial charge in [0, 0.05) is 0 Å². The lowest BCUT2D eigenvalue weighted by Gasteiger charge is -2.16. The minimum Gasteiger partial charge on any atom is -0.491 e. The summed E-state index contributed by atoms with van der Waals surface area (Å²) in [6.07, 6.45) is -4.49. The largest absolute Gasteiger partial charge is 0.491 e. The number of aryl methyl sites for hydroxylation is 1. The molecule has 1 aromatic rings. The maximum atomic E-state index is 11.9. The Bertz CT molecular complexity index is 564. The van der Waals surface area contributed by atoms with Crippen LogP contribution in [0, 0.1) is 6.92 Å².